The van der Waals surface area contributed by atoms with E-state index in [4.69, 9.17) is 16.3 Å². The Kier molecular flexibility index (Phi) is 7.56. The number of pyridine rings is 1. The molecule has 1 aromatic heterocycles. The summed E-state index contributed by atoms with van der Waals surface area (Å²) in [5.74, 6) is 0.130. The number of carbonyl (C=O) groups is 2. The van der Waals surface area contributed by atoms with Gasteiger partial charge in [-0.3, -0.25) is 14.6 Å². The smallest absolute Gasteiger partial charge is 0.314 e. The van der Waals surface area contributed by atoms with Crippen LogP contribution in [-0.2, 0) is 20.7 Å². The van der Waals surface area contributed by atoms with Crippen LogP contribution in [-0.4, -0.2) is 47.2 Å². The molecule has 0 unspecified atom stereocenters. The molecule has 1 atom stereocenters. The normalized spacial score (nSPS) is 19.0. The van der Waals surface area contributed by atoms with E-state index in [1.807, 2.05) is 43.3 Å². The van der Waals surface area contributed by atoms with Crippen LogP contribution in [0.4, 0.5) is 0 Å². The quantitative estimate of drug-likeness (QED) is 0.483. The molecule has 0 radical (unpaired) electrons. The van der Waals surface area contributed by atoms with Crippen LogP contribution in [0.2, 0.25) is 5.02 Å². The Morgan fingerprint density at radius 3 is 2.79 bits per heavy atom. The molecule has 0 saturated carbocycles. The highest BCUT2D eigenvalue weighted by atomic mass is 35.5. The van der Waals surface area contributed by atoms with E-state index in [1.54, 1.807) is 17.3 Å². The predicted molar refractivity (Wildman–Crippen MR) is 115 cm³/mol. The molecule has 3 rings (SSSR count). The number of aromatic nitrogens is 1. The van der Waals surface area contributed by atoms with Gasteiger partial charge in [-0.2, -0.15) is 0 Å². The third-order valence-electron chi connectivity index (χ3n) is 5.08. The summed E-state index contributed by atoms with van der Waals surface area (Å²) in [6, 6.07) is 11.3. The lowest BCUT2D eigenvalue weighted by Gasteiger charge is -2.41. The average Bonchev–Trinajstić information content (AvgIpc) is 2.73. The minimum atomic E-state index is -0.740. The van der Waals surface area contributed by atoms with E-state index in [1.165, 1.54) is 11.8 Å². The number of benzene rings is 1. The molecule has 1 fully saturated rings. The third kappa shape index (κ3) is 5.73. The number of hydrogen-bond donors (Lipinski definition) is 0. The Hall–Kier alpha value is -2.05. The molecule has 29 heavy (non-hydrogen) atoms. The van der Waals surface area contributed by atoms with Crippen molar-refractivity contribution in [2.24, 2.45) is 5.41 Å². The summed E-state index contributed by atoms with van der Waals surface area (Å²) in [6.45, 7) is 3.16. The lowest BCUT2D eigenvalue weighted by Crippen LogP contribution is -2.52. The van der Waals surface area contributed by atoms with Crippen molar-refractivity contribution < 1.29 is 14.3 Å². The second-order valence-corrected chi connectivity index (χ2v) is 8.68. The van der Waals surface area contributed by atoms with Crippen LogP contribution >= 0.6 is 23.4 Å². The summed E-state index contributed by atoms with van der Waals surface area (Å²) in [6.07, 6.45) is 5.40. The highest BCUT2D eigenvalue weighted by Gasteiger charge is 2.44. The zero-order chi connectivity index (χ0) is 20.7. The molecule has 0 bridgehead atoms. The van der Waals surface area contributed by atoms with Crippen molar-refractivity contribution in [3.63, 3.8) is 0 Å². The molecule has 154 valence electrons. The van der Waals surface area contributed by atoms with E-state index < -0.39 is 5.41 Å². The number of thioether (sulfide) groups is 1. The summed E-state index contributed by atoms with van der Waals surface area (Å²) in [5.41, 5.74) is 0.238. The average molecular weight is 433 g/mol. The fraction of sp³-hybridized carbons (Fsp3) is 0.409. The van der Waals surface area contributed by atoms with Gasteiger partial charge in [-0.05, 0) is 56.0 Å². The van der Waals surface area contributed by atoms with Gasteiger partial charge in [-0.1, -0.05) is 23.7 Å². The van der Waals surface area contributed by atoms with Crippen molar-refractivity contribution in [3.05, 3.63) is 59.4 Å². The van der Waals surface area contributed by atoms with Gasteiger partial charge in [0.1, 0.15) is 0 Å². The van der Waals surface area contributed by atoms with Crippen molar-refractivity contribution >= 4 is 35.2 Å². The Balaban J connectivity index is 1.74. The molecule has 2 aromatic rings. The molecule has 1 amide bonds. The van der Waals surface area contributed by atoms with Crippen LogP contribution < -0.4 is 0 Å². The standard InChI is InChI=1S/C22H25ClN2O3S/c1-2-28-21(27)22(14-17-5-3-6-18(23)13-17)9-4-12-25(16-22)20(26)15-29-19-7-10-24-11-8-19/h3,5-8,10-11,13H,2,4,9,12,14-16H2,1H3/t22-/m1/s1. The Morgan fingerprint density at radius 1 is 1.28 bits per heavy atom. The molecule has 0 spiro atoms. The Bertz CT molecular complexity index is 849. The van der Waals surface area contributed by atoms with Gasteiger partial charge in [0, 0.05) is 35.4 Å². The van der Waals surface area contributed by atoms with E-state index in [2.05, 4.69) is 4.98 Å². The number of ether oxygens (including phenoxy) is 1. The largest absolute Gasteiger partial charge is 0.466 e. The zero-order valence-corrected chi connectivity index (χ0v) is 18.0. The van der Waals surface area contributed by atoms with E-state index in [0.29, 0.717) is 43.3 Å². The van der Waals surface area contributed by atoms with Gasteiger partial charge >= 0.3 is 5.97 Å². The van der Waals surface area contributed by atoms with Crippen molar-refractivity contribution in [1.82, 2.24) is 9.88 Å². The molecule has 1 saturated heterocycles. The van der Waals surface area contributed by atoms with Crippen LogP contribution in [0, 0.1) is 5.41 Å². The molecule has 2 heterocycles. The van der Waals surface area contributed by atoms with Crippen molar-refractivity contribution in [1.29, 1.82) is 0 Å². The maximum Gasteiger partial charge on any atom is 0.314 e. The van der Waals surface area contributed by atoms with Crippen LogP contribution in [0.1, 0.15) is 25.3 Å². The maximum absolute atomic E-state index is 13.0. The summed E-state index contributed by atoms with van der Waals surface area (Å²) in [5, 5.41) is 0.638. The summed E-state index contributed by atoms with van der Waals surface area (Å²) in [7, 11) is 0. The number of nitrogens with zero attached hydrogens (tertiary/aromatic N) is 2. The first-order chi connectivity index (χ1) is 14.0. The zero-order valence-electron chi connectivity index (χ0n) is 16.5. The third-order valence-corrected chi connectivity index (χ3v) is 6.31. The van der Waals surface area contributed by atoms with E-state index in [9.17, 15) is 9.59 Å². The molecule has 1 aliphatic heterocycles. The number of esters is 1. The van der Waals surface area contributed by atoms with E-state index in [-0.39, 0.29) is 11.9 Å². The van der Waals surface area contributed by atoms with Crippen LogP contribution in [0.25, 0.3) is 0 Å². The second-order valence-electron chi connectivity index (χ2n) is 7.20. The number of piperidine rings is 1. The molecule has 7 heteroatoms. The minimum Gasteiger partial charge on any atom is -0.466 e. The monoisotopic (exact) mass is 432 g/mol. The Morgan fingerprint density at radius 2 is 2.07 bits per heavy atom. The predicted octanol–water partition coefficient (Wildman–Crippen LogP) is 4.24. The van der Waals surface area contributed by atoms with E-state index >= 15 is 0 Å². The minimum absolute atomic E-state index is 0.0336. The number of rotatable bonds is 7. The maximum atomic E-state index is 13.0. The summed E-state index contributed by atoms with van der Waals surface area (Å²) in [4.78, 5) is 32.6. The highest BCUT2D eigenvalue weighted by molar-refractivity contribution is 8.00. The van der Waals surface area contributed by atoms with Crippen LogP contribution in [0.3, 0.4) is 0 Å². The first kappa shape index (κ1) is 21.7. The first-order valence-electron chi connectivity index (χ1n) is 9.75. The van der Waals surface area contributed by atoms with Gasteiger partial charge in [0.15, 0.2) is 0 Å². The lowest BCUT2D eigenvalue weighted by molar-refractivity contribution is -0.160. The van der Waals surface area contributed by atoms with Gasteiger partial charge in [-0.25, -0.2) is 0 Å². The lowest BCUT2D eigenvalue weighted by atomic mass is 9.75. The molecule has 0 aliphatic carbocycles. The topological polar surface area (TPSA) is 59.5 Å². The summed E-state index contributed by atoms with van der Waals surface area (Å²) >= 11 is 7.62. The highest BCUT2D eigenvalue weighted by Crippen LogP contribution is 2.36. The van der Waals surface area contributed by atoms with Gasteiger partial charge in [0.2, 0.25) is 5.91 Å². The van der Waals surface area contributed by atoms with Gasteiger partial charge < -0.3 is 9.64 Å². The number of halogens is 1. The molecule has 1 aliphatic rings. The van der Waals surface area contributed by atoms with E-state index in [0.717, 1.165) is 16.9 Å². The molecular weight excluding hydrogens is 408 g/mol. The number of carbonyl (C=O) groups excluding carboxylic acids is 2. The van der Waals surface area contributed by atoms with Gasteiger partial charge in [-0.15, -0.1) is 11.8 Å². The molecular formula is C22H25ClN2O3S. The summed E-state index contributed by atoms with van der Waals surface area (Å²) < 4.78 is 5.42. The SMILES string of the molecule is CCOC(=O)[C@@]1(Cc2cccc(Cl)c2)CCCN(C(=O)CSc2ccncc2)C1. The first-order valence-corrected chi connectivity index (χ1v) is 11.1. The molecule has 5 nitrogen and oxygen atoms in total. The van der Waals surface area contributed by atoms with Crippen LogP contribution in [0.15, 0.2) is 53.7 Å². The van der Waals surface area contributed by atoms with Crippen LogP contribution in [0.5, 0.6) is 0 Å². The molecule has 0 N–H and O–H groups in total. The number of hydrogen-bond acceptors (Lipinski definition) is 5. The fourth-order valence-corrected chi connectivity index (χ4v) is 4.72. The molecule has 1 aromatic carbocycles. The second kappa shape index (κ2) is 10.1. The van der Waals surface area contributed by atoms with Crippen molar-refractivity contribution in [2.45, 2.75) is 31.1 Å². The van der Waals surface area contributed by atoms with Crippen molar-refractivity contribution in [2.75, 3.05) is 25.4 Å². The van der Waals surface area contributed by atoms with Gasteiger partial charge in [0.25, 0.3) is 0 Å². The van der Waals surface area contributed by atoms with Gasteiger partial charge in [0.05, 0.1) is 17.8 Å². The fourth-order valence-electron chi connectivity index (χ4n) is 3.72. The number of amides is 1. The number of likely N-dealkylation sites (tertiary alicyclic amines) is 1. The Labute approximate surface area is 180 Å². The van der Waals surface area contributed by atoms with Crippen molar-refractivity contribution in [3.8, 4) is 0 Å².